The van der Waals surface area contributed by atoms with Gasteiger partial charge in [0.1, 0.15) is 11.6 Å². The van der Waals surface area contributed by atoms with Crippen molar-refractivity contribution in [3.63, 3.8) is 0 Å². The number of H-pyrrole nitrogens is 1. The number of pyridine rings is 1. The van der Waals surface area contributed by atoms with Crippen molar-refractivity contribution >= 4 is 22.6 Å². The van der Waals surface area contributed by atoms with Crippen molar-refractivity contribution in [2.24, 2.45) is 5.92 Å². The van der Waals surface area contributed by atoms with Crippen LogP contribution in [0, 0.1) is 25.6 Å². The van der Waals surface area contributed by atoms with Crippen LogP contribution in [-0.4, -0.2) is 46.6 Å². The van der Waals surface area contributed by atoms with E-state index in [4.69, 9.17) is 16.3 Å². The minimum atomic E-state index is -0.447. The summed E-state index contributed by atoms with van der Waals surface area (Å²) < 4.78 is 19.9. The number of piperidine rings is 1. The van der Waals surface area contributed by atoms with Gasteiger partial charge >= 0.3 is 0 Å². The lowest BCUT2D eigenvalue weighted by atomic mass is 9.92. The number of aryl methyl sites for hydroxylation is 2. The molecule has 1 aliphatic heterocycles. The molecular weight excluding hydrogens is 415 g/mol. The first-order valence-corrected chi connectivity index (χ1v) is 11.4. The predicted molar refractivity (Wildman–Crippen MR) is 123 cm³/mol. The number of hydrogen-bond donors (Lipinski definition) is 1. The minimum Gasteiger partial charge on any atom is -0.478 e. The summed E-state index contributed by atoms with van der Waals surface area (Å²) in [5.41, 5.74) is 3.80. The van der Waals surface area contributed by atoms with Crippen molar-refractivity contribution in [2.45, 2.75) is 46.0 Å². The number of fused-ring (bicyclic) bond motifs is 1. The number of benzene rings is 1. The zero-order chi connectivity index (χ0) is 22.0. The third-order valence-electron chi connectivity index (χ3n) is 6.32. The van der Waals surface area contributed by atoms with Crippen molar-refractivity contribution in [2.75, 3.05) is 26.7 Å². The number of nitrogens with one attached hydrogen (secondary N) is 1. The molecule has 4 rings (SSSR count). The van der Waals surface area contributed by atoms with Gasteiger partial charge < -0.3 is 14.6 Å². The second kappa shape index (κ2) is 9.53. The van der Waals surface area contributed by atoms with Crippen LogP contribution in [0.1, 0.15) is 43.2 Å². The van der Waals surface area contributed by atoms with Crippen molar-refractivity contribution < 1.29 is 9.13 Å². The van der Waals surface area contributed by atoms with Crippen LogP contribution in [0.15, 0.2) is 18.3 Å². The van der Waals surface area contributed by atoms with E-state index in [0.717, 1.165) is 23.5 Å². The molecule has 1 N–H and O–H groups in total. The van der Waals surface area contributed by atoms with E-state index < -0.39 is 5.82 Å². The molecule has 31 heavy (non-hydrogen) atoms. The SMILES string of the molecule is Cc1cnc(OCCCCC2CCN(C)CC2)cc1-c1nc2c(C)c(Cl)c(F)cc2[nH]1. The summed E-state index contributed by atoms with van der Waals surface area (Å²) in [5.74, 6) is 1.65. The highest BCUT2D eigenvalue weighted by molar-refractivity contribution is 6.32. The topological polar surface area (TPSA) is 54.0 Å². The Morgan fingerprint density at radius 2 is 2.00 bits per heavy atom. The number of aromatic amines is 1. The van der Waals surface area contributed by atoms with E-state index in [0.29, 0.717) is 34.9 Å². The predicted octanol–water partition coefficient (Wildman–Crippen LogP) is 5.93. The van der Waals surface area contributed by atoms with Gasteiger partial charge in [-0.2, -0.15) is 0 Å². The molecular formula is C24H30ClFN4O. The fraction of sp³-hybridized carbons (Fsp3) is 0.500. The number of likely N-dealkylation sites (tertiary alicyclic amines) is 1. The molecule has 0 atom stereocenters. The van der Waals surface area contributed by atoms with Crippen molar-refractivity contribution in [1.82, 2.24) is 19.9 Å². The Morgan fingerprint density at radius 1 is 1.23 bits per heavy atom. The molecule has 0 radical (unpaired) electrons. The molecule has 3 heterocycles. The summed E-state index contributed by atoms with van der Waals surface area (Å²) >= 11 is 6.05. The molecule has 0 bridgehead atoms. The summed E-state index contributed by atoms with van der Waals surface area (Å²) in [6.45, 7) is 6.84. The molecule has 0 saturated carbocycles. The van der Waals surface area contributed by atoms with Crippen LogP contribution in [0.5, 0.6) is 5.88 Å². The Kier molecular flexibility index (Phi) is 6.77. The van der Waals surface area contributed by atoms with E-state index in [2.05, 4.69) is 26.9 Å². The van der Waals surface area contributed by atoms with Crippen LogP contribution in [0.4, 0.5) is 4.39 Å². The average Bonchev–Trinajstić information content (AvgIpc) is 3.18. The summed E-state index contributed by atoms with van der Waals surface area (Å²) in [6, 6.07) is 3.29. The fourth-order valence-electron chi connectivity index (χ4n) is 4.28. The number of halogens is 2. The van der Waals surface area contributed by atoms with Gasteiger partial charge in [-0.05, 0) is 76.7 Å². The number of imidazole rings is 1. The quantitative estimate of drug-likeness (QED) is 0.459. The largest absolute Gasteiger partial charge is 0.478 e. The maximum atomic E-state index is 14.0. The summed E-state index contributed by atoms with van der Waals surface area (Å²) in [6.07, 6.45) is 7.90. The minimum absolute atomic E-state index is 0.112. The zero-order valence-electron chi connectivity index (χ0n) is 18.5. The maximum absolute atomic E-state index is 14.0. The highest BCUT2D eigenvalue weighted by Gasteiger charge is 2.17. The van der Waals surface area contributed by atoms with Crippen molar-refractivity contribution in [3.8, 4) is 17.3 Å². The number of nitrogens with zero attached hydrogens (tertiary/aromatic N) is 3. The molecule has 2 aromatic heterocycles. The molecule has 1 aromatic carbocycles. The normalized spacial score (nSPS) is 15.6. The molecule has 0 amide bonds. The molecule has 166 valence electrons. The Bertz CT molecular complexity index is 1060. The van der Waals surface area contributed by atoms with Crippen LogP contribution in [0.25, 0.3) is 22.4 Å². The first-order valence-electron chi connectivity index (χ1n) is 11.0. The molecule has 0 unspecified atom stereocenters. The second-order valence-corrected chi connectivity index (χ2v) is 9.09. The lowest BCUT2D eigenvalue weighted by Crippen LogP contribution is -2.30. The summed E-state index contributed by atoms with van der Waals surface area (Å²) in [5, 5.41) is 0.112. The van der Waals surface area contributed by atoms with Crippen LogP contribution >= 0.6 is 11.6 Å². The molecule has 1 fully saturated rings. The summed E-state index contributed by atoms with van der Waals surface area (Å²) in [7, 11) is 2.20. The Balaban J connectivity index is 1.38. The van der Waals surface area contributed by atoms with Crippen molar-refractivity contribution in [1.29, 1.82) is 0 Å². The van der Waals surface area contributed by atoms with Gasteiger partial charge in [0, 0.05) is 23.9 Å². The van der Waals surface area contributed by atoms with Gasteiger partial charge in [-0.15, -0.1) is 0 Å². The molecule has 1 aliphatic rings. The highest BCUT2D eigenvalue weighted by atomic mass is 35.5. The second-order valence-electron chi connectivity index (χ2n) is 8.71. The fourth-order valence-corrected chi connectivity index (χ4v) is 4.42. The number of hydrogen-bond acceptors (Lipinski definition) is 4. The number of rotatable bonds is 7. The third kappa shape index (κ3) is 5.01. The van der Waals surface area contributed by atoms with Gasteiger partial charge in [0.25, 0.3) is 0 Å². The molecule has 0 aliphatic carbocycles. The Morgan fingerprint density at radius 3 is 2.77 bits per heavy atom. The van der Waals surface area contributed by atoms with E-state index in [1.165, 1.54) is 44.8 Å². The molecule has 7 heteroatoms. The highest BCUT2D eigenvalue weighted by Crippen LogP contribution is 2.31. The zero-order valence-corrected chi connectivity index (χ0v) is 19.2. The van der Waals surface area contributed by atoms with Crippen LogP contribution in [0.3, 0.4) is 0 Å². The van der Waals surface area contributed by atoms with E-state index in [9.17, 15) is 4.39 Å². The third-order valence-corrected chi connectivity index (χ3v) is 6.79. The van der Waals surface area contributed by atoms with E-state index >= 15 is 0 Å². The first-order chi connectivity index (χ1) is 14.9. The molecule has 1 saturated heterocycles. The van der Waals surface area contributed by atoms with Crippen LogP contribution in [-0.2, 0) is 0 Å². The van der Waals surface area contributed by atoms with Gasteiger partial charge in [0.15, 0.2) is 0 Å². The van der Waals surface area contributed by atoms with E-state index in [1.807, 2.05) is 13.0 Å². The standard InChI is InChI=1S/C24H30ClFN4O/c1-15-14-27-21(31-11-5-4-6-17-7-9-30(3)10-8-17)12-18(15)24-28-20-13-19(26)22(25)16(2)23(20)29-24/h12-14,17H,4-11H2,1-3H3,(H,28,29). The van der Waals surface area contributed by atoms with Crippen LogP contribution in [0.2, 0.25) is 5.02 Å². The molecule has 0 spiro atoms. The molecule has 5 nitrogen and oxygen atoms in total. The van der Waals surface area contributed by atoms with Gasteiger partial charge in [0.05, 0.1) is 22.7 Å². The van der Waals surface area contributed by atoms with E-state index in [1.54, 1.807) is 13.1 Å². The monoisotopic (exact) mass is 444 g/mol. The Hall–Kier alpha value is -2.18. The van der Waals surface area contributed by atoms with Gasteiger partial charge in [-0.1, -0.05) is 18.0 Å². The Labute approximate surface area is 188 Å². The lowest BCUT2D eigenvalue weighted by Gasteiger charge is -2.28. The van der Waals surface area contributed by atoms with Gasteiger partial charge in [0.2, 0.25) is 5.88 Å². The molecule has 3 aromatic rings. The number of aromatic nitrogens is 3. The summed E-state index contributed by atoms with van der Waals surface area (Å²) in [4.78, 5) is 14.7. The van der Waals surface area contributed by atoms with Gasteiger partial charge in [-0.3, -0.25) is 0 Å². The lowest BCUT2D eigenvalue weighted by molar-refractivity contribution is 0.205. The van der Waals surface area contributed by atoms with E-state index in [-0.39, 0.29) is 5.02 Å². The number of unbranched alkanes of at least 4 members (excludes halogenated alkanes) is 1. The first kappa shape index (κ1) is 22.0. The van der Waals surface area contributed by atoms with Crippen LogP contribution < -0.4 is 4.74 Å². The number of ether oxygens (including phenoxy) is 1. The average molecular weight is 445 g/mol. The van der Waals surface area contributed by atoms with Crippen molar-refractivity contribution in [3.05, 3.63) is 40.3 Å². The maximum Gasteiger partial charge on any atom is 0.213 e. The van der Waals surface area contributed by atoms with Gasteiger partial charge in [-0.25, -0.2) is 14.4 Å². The smallest absolute Gasteiger partial charge is 0.213 e.